The van der Waals surface area contributed by atoms with Gasteiger partial charge in [-0.2, -0.15) is 0 Å². The Hall–Kier alpha value is -3.08. The molecular weight excluding hydrogens is 266 g/mol. The molecule has 3 rings (SSSR count). The van der Waals surface area contributed by atoms with Crippen molar-refractivity contribution in [3.63, 3.8) is 0 Å². The lowest BCUT2D eigenvalue weighted by molar-refractivity contribution is -0.132. The van der Waals surface area contributed by atoms with Gasteiger partial charge in [0.15, 0.2) is 0 Å². The van der Waals surface area contributed by atoms with Crippen LogP contribution in [0.25, 0.3) is 10.9 Å². The second-order valence-corrected chi connectivity index (χ2v) is 4.52. The lowest BCUT2D eigenvalue weighted by Gasteiger charge is -2.05. The van der Waals surface area contributed by atoms with Crippen LogP contribution in [0.4, 0.5) is 11.4 Å². The molecule has 21 heavy (non-hydrogen) atoms. The molecule has 0 radical (unpaired) electrons. The van der Waals surface area contributed by atoms with E-state index in [0.717, 1.165) is 10.9 Å². The molecule has 0 saturated carbocycles. The van der Waals surface area contributed by atoms with E-state index in [1.807, 2.05) is 30.3 Å². The molecule has 0 aliphatic carbocycles. The van der Waals surface area contributed by atoms with Crippen LogP contribution in [-0.2, 0) is 9.59 Å². The zero-order valence-corrected chi connectivity index (χ0v) is 11.1. The van der Waals surface area contributed by atoms with Crippen LogP contribution in [0.5, 0.6) is 0 Å². The summed E-state index contributed by atoms with van der Waals surface area (Å²) >= 11 is 0. The van der Waals surface area contributed by atoms with Crippen molar-refractivity contribution in [2.24, 2.45) is 0 Å². The van der Waals surface area contributed by atoms with E-state index in [2.05, 4.69) is 15.6 Å². The van der Waals surface area contributed by atoms with Crippen molar-refractivity contribution < 1.29 is 9.59 Å². The Morgan fingerprint density at radius 2 is 1.48 bits per heavy atom. The van der Waals surface area contributed by atoms with E-state index in [4.69, 9.17) is 0 Å². The number of rotatable bonds is 2. The third-order valence-corrected chi connectivity index (χ3v) is 3.08. The first-order chi connectivity index (χ1) is 10.2. The zero-order valence-electron chi connectivity index (χ0n) is 11.1. The fourth-order valence-electron chi connectivity index (χ4n) is 2.06. The molecule has 3 N–H and O–H groups in total. The van der Waals surface area contributed by atoms with Crippen LogP contribution < -0.4 is 10.6 Å². The first-order valence-corrected chi connectivity index (χ1v) is 6.47. The van der Waals surface area contributed by atoms with E-state index in [9.17, 15) is 9.59 Å². The van der Waals surface area contributed by atoms with Gasteiger partial charge in [0.1, 0.15) is 0 Å². The van der Waals surface area contributed by atoms with Gasteiger partial charge in [0.25, 0.3) is 0 Å². The quantitative estimate of drug-likeness (QED) is 0.631. The summed E-state index contributed by atoms with van der Waals surface area (Å²) in [6, 6.07) is 16.4. The van der Waals surface area contributed by atoms with Crippen LogP contribution in [0.2, 0.25) is 0 Å². The summed E-state index contributed by atoms with van der Waals surface area (Å²) in [6.07, 6.45) is 1.67. The predicted octanol–water partition coefficient (Wildman–Crippen LogP) is 2.75. The highest BCUT2D eigenvalue weighted by Crippen LogP contribution is 2.22. The minimum atomic E-state index is -0.705. The normalized spacial score (nSPS) is 10.3. The van der Waals surface area contributed by atoms with Crippen molar-refractivity contribution in [3.05, 3.63) is 60.8 Å². The molecule has 5 heteroatoms. The van der Waals surface area contributed by atoms with Crippen molar-refractivity contribution in [3.8, 4) is 0 Å². The fraction of sp³-hybridized carbons (Fsp3) is 0. The summed E-state index contributed by atoms with van der Waals surface area (Å²) in [5.41, 5.74) is 2.06. The Balaban J connectivity index is 1.73. The minimum Gasteiger partial charge on any atom is -0.359 e. The molecule has 5 nitrogen and oxygen atoms in total. The Labute approximate surface area is 121 Å². The van der Waals surface area contributed by atoms with Gasteiger partial charge >= 0.3 is 11.8 Å². The molecule has 1 aromatic heterocycles. The maximum absolute atomic E-state index is 11.9. The fourth-order valence-corrected chi connectivity index (χ4v) is 2.06. The number of carbonyl (C=O) groups is 2. The first kappa shape index (κ1) is 12.9. The molecule has 0 aliphatic rings. The lowest BCUT2D eigenvalue weighted by Crippen LogP contribution is -2.28. The van der Waals surface area contributed by atoms with E-state index in [0.29, 0.717) is 11.4 Å². The largest absolute Gasteiger partial charge is 0.359 e. The third-order valence-electron chi connectivity index (χ3n) is 3.08. The predicted molar refractivity (Wildman–Crippen MR) is 82.0 cm³/mol. The van der Waals surface area contributed by atoms with Gasteiger partial charge in [-0.3, -0.25) is 9.59 Å². The second kappa shape index (κ2) is 5.50. The van der Waals surface area contributed by atoms with Crippen molar-refractivity contribution in [1.82, 2.24) is 4.98 Å². The molecular formula is C16H13N3O2. The molecule has 104 valence electrons. The number of amides is 2. The lowest BCUT2D eigenvalue weighted by atomic mass is 10.2. The number of nitrogens with one attached hydrogen (secondary N) is 3. The van der Waals surface area contributed by atoms with Crippen LogP contribution in [0.3, 0.4) is 0 Å². The second-order valence-electron chi connectivity index (χ2n) is 4.52. The van der Waals surface area contributed by atoms with Crippen LogP contribution in [-0.4, -0.2) is 16.8 Å². The first-order valence-electron chi connectivity index (χ1n) is 6.47. The van der Waals surface area contributed by atoms with Crippen molar-refractivity contribution in [1.29, 1.82) is 0 Å². The Kier molecular flexibility index (Phi) is 3.39. The highest BCUT2D eigenvalue weighted by molar-refractivity contribution is 6.44. The van der Waals surface area contributed by atoms with Crippen molar-refractivity contribution >= 4 is 34.1 Å². The van der Waals surface area contributed by atoms with E-state index in [-0.39, 0.29) is 0 Å². The molecule has 0 spiro atoms. The number of benzene rings is 2. The van der Waals surface area contributed by atoms with Crippen LogP contribution in [0, 0.1) is 0 Å². The standard InChI is InChI=1S/C16H13N3O2/c20-15(18-11-6-2-1-3-7-11)16(21)19-14-10-17-13-9-5-4-8-12(13)14/h1-10,17H,(H,18,20)(H,19,21). The Morgan fingerprint density at radius 1 is 0.810 bits per heavy atom. The van der Waals surface area contributed by atoms with Gasteiger partial charge in [0.2, 0.25) is 0 Å². The van der Waals surface area contributed by atoms with E-state index in [1.54, 1.807) is 30.5 Å². The molecule has 0 saturated heterocycles. The summed E-state index contributed by atoms with van der Waals surface area (Å²) in [7, 11) is 0. The number of aromatic amines is 1. The van der Waals surface area contributed by atoms with Gasteiger partial charge in [-0.05, 0) is 18.2 Å². The van der Waals surface area contributed by atoms with Gasteiger partial charge in [-0.15, -0.1) is 0 Å². The number of para-hydroxylation sites is 2. The molecule has 2 amide bonds. The zero-order chi connectivity index (χ0) is 14.7. The van der Waals surface area contributed by atoms with E-state index >= 15 is 0 Å². The average molecular weight is 279 g/mol. The maximum atomic E-state index is 11.9. The molecule has 2 aromatic carbocycles. The average Bonchev–Trinajstić information content (AvgIpc) is 2.91. The van der Waals surface area contributed by atoms with Crippen molar-refractivity contribution in [2.45, 2.75) is 0 Å². The molecule has 0 bridgehead atoms. The van der Waals surface area contributed by atoms with Gasteiger partial charge in [0, 0.05) is 22.8 Å². The number of carbonyl (C=O) groups excluding carboxylic acids is 2. The number of anilines is 2. The summed E-state index contributed by atoms with van der Waals surface area (Å²) in [5, 5.41) is 6.00. The number of fused-ring (bicyclic) bond motifs is 1. The highest BCUT2D eigenvalue weighted by atomic mass is 16.2. The summed E-state index contributed by atoms with van der Waals surface area (Å²) in [4.78, 5) is 26.8. The van der Waals surface area contributed by atoms with Crippen LogP contribution in [0.1, 0.15) is 0 Å². The van der Waals surface area contributed by atoms with Gasteiger partial charge in [-0.1, -0.05) is 36.4 Å². The Morgan fingerprint density at radius 3 is 2.29 bits per heavy atom. The van der Waals surface area contributed by atoms with Crippen molar-refractivity contribution in [2.75, 3.05) is 10.6 Å². The highest BCUT2D eigenvalue weighted by Gasteiger charge is 2.15. The molecule has 1 heterocycles. The molecule has 3 aromatic rings. The smallest absolute Gasteiger partial charge is 0.314 e. The van der Waals surface area contributed by atoms with Crippen LogP contribution in [0.15, 0.2) is 60.8 Å². The number of aromatic nitrogens is 1. The SMILES string of the molecule is O=C(Nc1ccccc1)C(=O)Nc1c[nH]c2ccccc12. The van der Waals surface area contributed by atoms with Gasteiger partial charge in [0.05, 0.1) is 5.69 Å². The Bertz CT molecular complexity index is 793. The summed E-state index contributed by atoms with van der Waals surface area (Å²) in [6.45, 7) is 0. The topological polar surface area (TPSA) is 74.0 Å². The van der Waals surface area contributed by atoms with E-state index < -0.39 is 11.8 Å². The third kappa shape index (κ3) is 2.76. The maximum Gasteiger partial charge on any atom is 0.314 e. The number of H-pyrrole nitrogens is 1. The van der Waals surface area contributed by atoms with Gasteiger partial charge < -0.3 is 15.6 Å². The number of hydrogen-bond acceptors (Lipinski definition) is 2. The minimum absolute atomic E-state index is 0.580. The summed E-state index contributed by atoms with van der Waals surface area (Å²) in [5.74, 6) is -1.41. The van der Waals surface area contributed by atoms with Gasteiger partial charge in [-0.25, -0.2) is 0 Å². The molecule has 0 atom stereocenters. The molecule has 0 aliphatic heterocycles. The number of hydrogen-bond donors (Lipinski definition) is 3. The van der Waals surface area contributed by atoms with E-state index in [1.165, 1.54) is 0 Å². The van der Waals surface area contributed by atoms with Crippen LogP contribution >= 0.6 is 0 Å². The monoisotopic (exact) mass is 279 g/mol. The molecule has 0 unspecified atom stereocenters. The molecule has 0 fully saturated rings. The summed E-state index contributed by atoms with van der Waals surface area (Å²) < 4.78 is 0.